The molecule has 0 atom stereocenters. The van der Waals surface area contributed by atoms with Crippen LogP contribution in [0.2, 0.25) is 0 Å². The van der Waals surface area contributed by atoms with Crippen LogP contribution < -0.4 is 21.7 Å². The molecule has 0 saturated carbocycles. The number of hydrogen-bond acceptors (Lipinski definition) is 7. The summed E-state index contributed by atoms with van der Waals surface area (Å²) < 4.78 is 5.85. The molecule has 0 fully saturated rings. The number of rotatable bonds is 6. The number of aromatic nitrogens is 2. The summed E-state index contributed by atoms with van der Waals surface area (Å²) in [7, 11) is 0. The van der Waals surface area contributed by atoms with Gasteiger partial charge in [0.2, 0.25) is 5.75 Å². The van der Waals surface area contributed by atoms with E-state index < -0.39 is 34.4 Å². The van der Waals surface area contributed by atoms with Crippen LogP contribution in [0.1, 0.15) is 5.56 Å². The van der Waals surface area contributed by atoms with Crippen LogP contribution >= 0.6 is 15.9 Å². The van der Waals surface area contributed by atoms with Crippen molar-refractivity contribution in [1.82, 2.24) is 9.66 Å². The number of nitrogens with zero attached hydrogens (tertiary/aromatic N) is 3. The van der Waals surface area contributed by atoms with Crippen LogP contribution in [0.3, 0.4) is 0 Å². The number of carbonyl (C=O) groups is 1. The zero-order valence-corrected chi connectivity index (χ0v) is 16.1. The molecule has 0 aliphatic rings. The number of nitrogens with one attached hydrogen (secondary N) is 1. The Bertz CT molecular complexity index is 1280. The lowest BCUT2D eigenvalue weighted by molar-refractivity contribution is -0.385. The summed E-state index contributed by atoms with van der Waals surface area (Å²) in [6, 6.07) is 8.95. The zero-order chi connectivity index (χ0) is 21.1. The van der Waals surface area contributed by atoms with E-state index in [9.17, 15) is 24.5 Å². The van der Waals surface area contributed by atoms with Crippen LogP contribution in [0.5, 0.6) is 5.75 Å². The van der Waals surface area contributed by atoms with Crippen LogP contribution in [0.4, 0.5) is 5.69 Å². The van der Waals surface area contributed by atoms with Crippen molar-refractivity contribution in [3.63, 3.8) is 0 Å². The Labute approximate surface area is 169 Å². The largest absolute Gasteiger partial charge is 0.476 e. The Balaban J connectivity index is 2.05. The Morgan fingerprint density at radius 1 is 1.34 bits per heavy atom. The van der Waals surface area contributed by atoms with Gasteiger partial charge in [-0.05, 0) is 34.1 Å². The monoisotopic (exact) mass is 461 g/mol. The molecule has 0 spiro atoms. The quantitative estimate of drug-likeness (QED) is 0.317. The molecule has 0 radical (unpaired) electrons. The SMILES string of the molecule is NC(=O)COc1c(Br)cc(C=Nn2c(=O)[nH]c3ccccc3c2=O)cc1[N+](=O)[O-]. The van der Waals surface area contributed by atoms with E-state index in [0.717, 1.165) is 12.3 Å². The molecule has 3 rings (SSSR count). The molecule has 3 N–H and O–H groups in total. The van der Waals surface area contributed by atoms with Crippen LogP contribution in [-0.4, -0.2) is 33.3 Å². The topological polar surface area (TPSA) is 163 Å². The second kappa shape index (κ2) is 8.06. The maximum atomic E-state index is 12.5. The van der Waals surface area contributed by atoms with E-state index in [1.807, 2.05) is 0 Å². The lowest BCUT2D eigenvalue weighted by atomic mass is 10.2. The molecule has 29 heavy (non-hydrogen) atoms. The van der Waals surface area contributed by atoms with Gasteiger partial charge in [0.1, 0.15) is 0 Å². The van der Waals surface area contributed by atoms with Gasteiger partial charge in [0.25, 0.3) is 11.5 Å². The summed E-state index contributed by atoms with van der Waals surface area (Å²) in [4.78, 5) is 48.6. The van der Waals surface area contributed by atoms with Crippen molar-refractivity contribution in [3.8, 4) is 5.75 Å². The van der Waals surface area contributed by atoms with Crippen molar-refractivity contribution in [2.75, 3.05) is 6.61 Å². The van der Waals surface area contributed by atoms with E-state index in [4.69, 9.17) is 10.5 Å². The van der Waals surface area contributed by atoms with E-state index in [0.29, 0.717) is 10.2 Å². The normalized spacial score (nSPS) is 11.1. The van der Waals surface area contributed by atoms with Gasteiger partial charge in [-0.2, -0.15) is 5.10 Å². The molecule has 0 saturated heterocycles. The molecule has 148 valence electrons. The van der Waals surface area contributed by atoms with Crippen molar-refractivity contribution in [2.45, 2.75) is 0 Å². The average Bonchev–Trinajstić information content (AvgIpc) is 2.66. The van der Waals surface area contributed by atoms with Gasteiger partial charge in [0, 0.05) is 11.6 Å². The van der Waals surface area contributed by atoms with Gasteiger partial charge >= 0.3 is 11.4 Å². The summed E-state index contributed by atoms with van der Waals surface area (Å²) in [5.41, 5.74) is 3.69. The predicted octanol–water partition coefficient (Wildman–Crippen LogP) is 1.11. The second-order valence-electron chi connectivity index (χ2n) is 5.70. The Kier molecular flexibility index (Phi) is 5.54. The number of carbonyl (C=O) groups excluding carboxylic acids is 1. The van der Waals surface area contributed by atoms with E-state index in [-0.39, 0.29) is 21.2 Å². The molecule has 3 aromatic rings. The molecular formula is C17H12BrN5O6. The third-order valence-corrected chi connectivity index (χ3v) is 4.30. The Hall–Kier alpha value is -3.80. The molecule has 2 aromatic carbocycles. The average molecular weight is 462 g/mol. The summed E-state index contributed by atoms with van der Waals surface area (Å²) in [5, 5.41) is 15.4. The molecule has 1 aromatic heterocycles. The molecule has 1 amide bonds. The minimum atomic E-state index is -0.799. The highest BCUT2D eigenvalue weighted by atomic mass is 79.9. The number of H-pyrrole nitrogens is 1. The molecule has 0 aliphatic heterocycles. The van der Waals surface area contributed by atoms with Crippen molar-refractivity contribution >= 4 is 44.6 Å². The number of benzene rings is 2. The van der Waals surface area contributed by atoms with E-state index in [1.54, 1.807) is 18.2 Å². The number of fused-ring (bicyclic) bond motifs is 1. The molecule has 0 unspecified atom stereocenters. The fraction of sp³-hybridized carbons (Fsp3) is 0.0588. The van der Waals surface area contributed by atoms with E-state index in [2.05, 4.69) is 26.0 Å². The first kappa shape index (κ1) is 19.9. The number of para-hydroxylation sites is 1. The molecule has 1 heterocycles. The lowest BCUT2D eigenvalue weighted by Gasteiger charge is -2.08. The number of hydrogen-bond donors (Lipinski definition) is 2. The van der Waals surface area contributed by atoms with Gasteiger partial charge in [-0.1, -0.05) is 12.1 Å². The fourth-order valence-electron chi connectivity index (χ4n) is 2.48. The van der Waals surface area contributed by atoms with Gasteiger partial charge in [-0.3, -0.25) is 19.7 Å². The van der Waals surface area contributed by atoms with E-state index in [1.165, 1.54) is 12.1 Å². The van der Waals surface area contributed by atoms with Crippen molar-refractivity contribution in [2.24, 2.45) is 10.8 Å². The fourth-order valence-corrected chi connectivity index (χ4v) is 3.06. The van der Waals surface area contributed by atoms with Gasteiger partial charge in [0.05, 0.1) is 26.5 Å². The third-order valence-electron chi connectivity index (χ3n) is 3.71. The highest BCUT2D eigenvalue weighted by molar-refractivity contribution is 9.10. The Morgan fingerprint density at radius 2 is 2.07 bits per heavy atom. The summed E-state index contributed by atoms with van der Waals surface area (Å²) in [6.45, 7) is -0.547. The number of primary amides is 1. The maximum absolute atomic E-state index is 12.5. The van der Waals surface area contributed by atoms with Crippen molar-refractivity contribution in [3.05, 3.63) is 77.4 Å². The number of aromatic amines is 1. The first-order valence-corrected chi connectivity index (χ1v) is 8.74. The van der Waals surface area contributed by atoms with Gasteiger partial charge in [-0.15, -0.1) is 4.68 Å². The summed E-state index contributed by atoms with van der Waals surface area (Å²) in [5.74, 6) is -0.988. The van der Waals surface area contributed by atoms with Gasteiger partial charge in [0.15, 0.2) is 6.61 Å². The van der Waals surface area contributed by atoms with E-state index >= 15 is 0 Å². The number of nitro groups is 1. The minimum absolute atomic E-state index is 0.161. The van der Waals surface area contributed by atoms with Crippen LogP contribution in [0, 0.1) is 10.1 Å². The van der Waals surface area contributed by atoms with Crippen LogP contribution in [-0.2, 0) is 4.79 Å². The summed E-state index contributed by atoms with van der Waals surface area (Å²) >= 11 is 3.12. The maximum Gasteiger partial charge on any atom is 0.349 e. The molecule has 0 aliphatic carbocycles. The number of amides is 1. The van der Waals surface area contributed by atoms with Gasteiger partial charge < -0.3 is 15.5 Å². The van der Waals surface area contributed by atoms with Crippen LogP contribution in [0.15, 0.2) is 55.6 Å². The molecule has 12 heteroatoms. The highest BCUT2D eigenvalue weighted by Gasteiger charge is 2.20. The predicted molar refractivity (Wildman–Crippen MR) is 107 cm³/mol. The zero-order valence-electron chi connectivity index (χ0n) is 14.5. The number of nitrogens with two attached hydrogens (primary N) is 1. The first-order chi connectivity index (χ1) is 13.8. The Morgan fingerprint density at radius 3 is 2.76 bits per heavy atom. The van der Waals surface area contributed by atoms with Crippen LogP contribution in [0.25, 0.3) is 10.9 Å². The summed E-state index contributed by atoms with van der Waals surface area (Å²) in [6.07, 6.45) is 1.11. The van der Waals surface area contributed by atoms with Crippen molar-refractivity contribution in [1.29, 1.82) is 0 Å². The lowest BCUT2D eigenvalue weighted by Crippen LogP contribution is -2.32. The third kappa shape index (κ3) is 4.21. The molecular weight excluding hydrogens is 450 g/mol. The second-order valence-corrected chi connectivity index (χ2v) is 6.55. The first-order valence-electron chi connectivity index (χ1n) is 7.95. The molecule has 0 bridgehead atoms. The molecule has 11 nitrogen and oxygen atoms in total. The highest BCUT2D eigenvalue weighted by Crippen LogP contribution is 2.36. The number of halogens is 1. The minimum Gasteiger partial charge on any atom is -0.476 e. The van der Waals surface area contributed by atoms with Crippen molar-refractivity contribution < 1.29 is 14.5 Å². The van der Waals surface area contributed by atoms with Gasteiger partial charge in [-0.25, -0.2) is 4.79 Å². The number of ether oxygens (including phenoxy) is 1. The number of nitro benzene ring substituents is 1. The smallest absolute Gasteiger partial charge is 0.349 e. The standard InChI is InChI=1S/C17H12BrN5O6/c18-11-5-9(6-13(23(27)28)15(11)29-8-14(19)24)7-20-22-16(25)10-3-1-2-4-12(10)21-17(22)26/h1-7H,8H2,(H2,19,24)(H,21,26).